The van der Waals surface area contributed by atoms with Gasteiger partial charge in [0.15, 0.2) is 0 Å². The van der Waals surface area contributed by atoms with Gasteiger partial charge in [0, 0.05) is 6.21 Å². The Morgan fingerprint density at radius 1 is 1.25 bits per heavy atom. The van der Waals surface area contributed by atoms with Crippen molar-refractivity contribution < 1.29 is 0 Å². The summed E-state index contributed by atoms with van der Waals surface area (Å²) in [7, 11) is 0. The van der Waals surface area contributed by atoms with E-state index in [0.29, 0.717) is 11.6 Å². The number of benzene rings is 1. The van der Waals surface area contributed by atoms with Crippen molar-refractivity contribution in [3.05, 3.63) is 78.9 Å². The molecule has 0 bridgehead atoms. The van der Waals surface area contributed by atoms with Gasteiger partial charge in [-0.1, -0.05) is 26.8 Å². The summed E-state index contributed by atoms with van der Waals surface area (Å²) in [4.78, 5) is 34.4. The van der Waals surface area contributed by atoms with E-state index >= 15 is 0 Å². The number of allylic oxidation sites excluding steroid dienone is 3. The maximum absolute atomic E-state index is 12.0. The van der Waals surface area contributed by atoms with E-state index in [1.165, 1.54) is 15.8 Å². The fraction of sp³-hybridized carbons (Fsp3) is 0.400. The number of hydrogen-bond acceptors (Lipinski definition) is 5. The molecular weight excluding hydrogens is 402 g/mol. The van der Waals surface area contributed by atoms with Crippen molar-refractivity contribution in [1.29, 1.82) is 0 Å². The zero-order valence-electron chi connectivity index (χ0n) is 19.9. The largest absolute Gasteiger partial charge is 0.349 e. The molecule has 0 unspecified atom stereocenters. The van der Waals surface area contributed by atoms with Crippen molar-refractivity contribution in [3.8, 4) is 5.69 Å². The van der Waals surface area contributed by atoms with Crippen LogP contribution in [0.2, 0.25) is 0 Å². The molecular formula is C25H33N5O2. The van der Waals surface area contributed by atoms with Crippen LogP contribution in [0.4, 0.5) is 0 Å². The smallest absolute Gasteiger partial charge is 0.271 e. The molecule has 0 aliphatic heterocycles. The van der Waals surface area contributed by atoms with Crippen molar-refractivity contribution >= 4 is 12.9 Å². The SMILES string of the molecule is C=NC(/C(=C\CC)C(C)C)=C(/C)N=CCCc1c(C)cc(-n2ncc(=O)[nH]c2=O)cc1C. The number of rotatable bonds is 9. The lowest BCUT2D eigenvalue weighted by Crippen LogP contribution is -2.30. The Kier molecular flexibility index (Phi) is 8.81. The van der Waals surface area contributed by atoms with Crippen LogP contribution >= 0.6 is 0 Å². The summed E-state index contributed by atoms with van der Waals surface area (Å²) >= 11 is 0. The van der Waals surface area contributed by atoms with Gasteiger partial charge in [0.1, 0.15) is 6.20 Å². The lowest BCUT2D eigenvalue weighted by atomic mass is 9.97. The Morgan fingerprint density at radius 2 is 1.91 bits per heavy atom. The number of aromatic amines is 1. The molecule has 1 N–H and O–H groups in total. The molecule has 7 heteroatoms. The summed E-state index contributed by atoms with van der Waals surface area (Å²) in [6, 6.07) is 3.81. The summed E-state index contributed by atoms with van der Waals surface area (Å²) in [6.07, 6.45) is 7.74. The van der Waals surface area contributed by atoms with Crippen LogP contribution in [0.25, 0.3) is 5.69 Å². The average Bonchev–Trinajstić information content (AvgIpc) is 2.72. The molecule has 0 radical (unpaired) electrons. The third-order valence-corrected chi connectivity index (χ3v) is 5.27. The topological polar surface area (TPSA) is 92.5 Å². The summed E-state index contributed by atoms with van der Waals surface area (Å²) in [5.41, 5.74) is 5.77. The molecule has 0 aliphatic carbocycles. The van der Waals surface area contributed by atoms with Crippen molar-refractivity contribution in [2.75, 3.05) is 0 Å². The van der Waals surface area contributed by atoms with Gasteiger partial charge in [-0.25, -0.2) is 4.79 Å². The Bertz CT molecular complexity index is 1160. The molecule has 1 heterocycles. The second kappa shape index (κ2) is 11.3. The molecule has 1 aromatic heterocycles. The number of nitrogens with zero attached hydrogens (tertiary/aromatic N) is 4. The zero-order chi connectivity index (χ0) is 23.8. The van der Waals surface area contributed by atoms with Crippen molar-refractivity contribution in [1.82, 2.24) is 14.8 Å². The van der Waals surface area contributed by atoms with E-state index < -0.39 is 11.2 Å². The van der Waals surface area contributed by atoms with Gasteiger partial charge < -0.3 is 0 Å². The van der Waals surface area contributed by atoms with E-state index in [0.717, 1.165) is 48.0 Å². The molecule has 7 nitrogen and oxygen atoms in total. The first kappa shape index (κ1) is 24.9. The van der Waals surface area contributed by atoms with Crippen LogP contribution in [0, 0.1) is 19.8 Å². The first-order valence-electron chi connectivity index (χ1n) is 10.9. The fourth-order valence-corrected chi connectivity index (χ4v) is 3.74. The molecule has 2 aromatic rings. The van der Waals surface area contributed by atoms with Crippen LogP contribution < -0.4 is 11.2 Å². The number of aromatic nitrogens is 3. The van der Waals surface area contributed by atoms with Crippen LogP contribution in [-0.4, -0.2) is 27.7 Å². The molecule has 0 amide bonds. The van der Waals surface area contributed by atoms with Crippen molar-refractivity contribution in [2.45, 2.75) is 60.8 Å². The predicted molar refractivity (Wildman–Crippen MR) is 132 cm³/mol. The van der Waals surface area contributed by atoms with E-state index in [1.807, 2.05) is 39.1 Å². The van der Waals surface area contributed by atoms with Crippen LogP contribution in [0.3, 0.4) is 0 Å². The number of H-pyrrole nitrogens is 1. The molecule has 0 spiro atoms. The van der Waals surface area contributed by atoms with Crippen LogP contribution in [0.15, 0.2) is 60.9 Å². The van der Waals surface area contributed by atoms with Crippen LogP contribution in [0.5, 0.6) is 0 Å². The van der Waals surface area contributed by atoms with Crippen LogP contribution in [-0.2, 0) is 6.42 Å². The second-order valence-corrected chi connectivity index (χ2v) is 8.07. The summed E-state index contributed by atoms with van der Waals surface area (Å²) in [6.45, 7) is 16.1. The molecule has 170 valence electrons. The number of aliphatic imine (C=N–C) groups is 2. The summed E-state index contributed by atoms with van der Waals surface area (Å²) in [5.74, 6) is 0.355. The van der Waals surface area contributed by atoms with Crippen molar-refractivity contribution in [3.63, 3.8) is 0 Å². The minimum absolute atomic E-state index is 0.355. The minimum Gasteiger partial charge on any atom is -0.271 e. The molecule has 0 saturated carbocycles. The lowest BCUT2D eigenvalue weighted by molar-refractivity contribution is 0.747. The van der Waals surface area contributed by atoms with Gasteiger partial charge in [0.2, 0.25) is 0 Å². The first-order valence-corrected chi connectivity index (χ1v) is 10.9. The highest BCUT2D eigenvalue weighted by Crippen LogP contribution is 2.25. The lowest BCUT2D eigenvalue weighted by Gasteiger charge is -2.13. The van der Waals surface area contributed by atoms with Gasteiger partial charge in [-0.2, -0.15) is 9.78 Å². The highest BCUT2D eigenvalue weighted by molar-refractivity contribution is 5.61. The molecule has 2 rings (SSSR count). The number of hydrogen-bond donors (Lipinski definition) is 1. The van der Waals surface area contributed by atoms with E-state index in [-0.39, 0.29) is 0 Å². The fourth-order valence-electron chi connectivity index (χ4n) is 3.74. The monoisotopic (exact) mass is 435 g/mol. The molecule has 0 atom stereocenters. The minimum atomic E-state index is -0.553. The van der Waals surface area contributed by atoms with Gasteiger partial charge in [-0.05, 0) is 87.1 Å². The van der Waals surface area contributed by atoms with Gasteiger partial charge in [0.05, 0.1) is 17.1 Å². The Balaban J connectivity index is 2.21. The van der Waals surface area contributed by atoms with Crippen LogP contribution in [0.1, 0.15) is 57.2 Å². The van der Waals surface area contributed by atoms with Gasteiger partial charge in [-0.15, -0.1) is 0 Å². The van der Waals surface area contributed by atoms with Gasteiger partial charge >= 0.3 is 5.69 Å². The first-order chi connectivity index (χ1) is 15.2. The Morgan fingerprint density at radius 3 is 2.44 bits per heavy atom. The maximum Gasteiger partial charge on any atom is 0.349 e. The quantitative estimate of drug-likeness (QED) is 0.465. The third kappa shape index (κ3) is 6.09. The van der Waals surface area contributed by atoms with Gasteiger partial charge in [-0.3, -0.25) is 19.8 Å². The summed E-state index contributed by atoms with van der Waals surface area (Å²) in [5, 5.41) is 3.93. The average molecular weight is 436 g/mol. The summed E-state index contributed by atoms with van der Waals surface area (Å²) < 4.78 is 1.20. The predicted octanol–water partition coefficient (Wildman–Crippen LogP) is 4.47. The highest BCUT2D eigenvalue weighted by atomic mass is 16.2. The van der Waals surface area contributed by atoms with E-state index in [1.54, 1.807) is 0 Å². The standard InChI is InChI=1S/C25H33N5O2/c1-8-10-21(16(2)3)24(26-7)19(6)27-12-9-11-22-17(4)13-20(14-18(22)5)30-25(32)29-23(31)15-28-30/h10,12-16H,7-9,11H2,1-6H3,(H,29,31,32)/b21-10-,24-19-,27-12?. The Hall–Kier alpha value is -3.35. The van der Waals surface area contributed by atoms with Gasteiger partial charge in [0.25, 0.3) is 5.56 Å². The number of aryl methyl sites for hydroxylation is 2. The normalized spacial score (nSPS) is 13.0. The Labute approximate surface area is 189 Å². The van der Waals surface area contributed by atoms with E-state index in [2.05, 4.69) is 53.6 Å². The molecule has 1 aromatic carbocycles. The van der Waals surface area contributed by atoms with E-state index in [4.69, 9.17) is 0 Å². The molecule has 0 saturated heterocycles. The third-order valence-electron chi connectivity index (χ3n) is 5.27. The highest BCUT2D eigenvalue weighted by Gasteiger charge is 2.11. The van der Waals surface area contributed by atoms with Crippen molar-refractivity contribution in [2.24, 2.45) is 15.9 Å². The van der Waals surface area contributed by atoms with E-state index in [9.17, 15) is 9.59 Å². The second-order valence-electron chi connectivity index (χ2n) is 8.07. The molecule has 0 aliphatic rings. The molecule has 32 heavy (non-hydrogen) atoms. The zero-order valence-corrected chi connectivity index (χ0v) is 19.9. The maximum atomic E-state index is 12.0. The number of nitrogens with one attached hydrogen (secondary N) is 1. The molecule has 0 fully saturated rings.